The van der Waals surface area contributed by atoms with Crippen molar-refractivity contribution in [2.75, 3.05) is 6.61 Å². The number of benzene rings is 2. The molecule has 0 aliphatic carbocycles. The molecule has 2 rings (SSSR count). The van der Waals surface area contributed by atoms with Crippen LogP contribution in [0.5, 0.6) is 5.75 Å². The highest BCUT2D eigenvalue weighted by atomic mass is 16.5. The standard InChI is InChI=1S/C24H34O/c1-3-4-5-6-7-8-9-10-11-20-25-24-18-16-23(17-19-24)22-14-12-21(2)13-15-22/h12-19H,3-11,20H2,1-2H3. The molecule has 0 aliphatic heterocycles. The van der Waals surface area contributed by atoms with E-state index in [0.717, 1.165) is 18.8 Å². The molecule has 0 atom stereocenters. The van der Waals surface area contributed by atoms with E-state index in [0.29, 0.717) is 0 Å². The Morgan fingerprint density at radius 1 is 0.600 bits per heavy atom. The molecule has 2 aromatic rings. The molecule has 0 saturated carbocycles. The van der Waals surface area contributed by atoms with Gasteiger partial charge in [0.1, 0.15) is 5.75 Å². The van der Waals surface area contributed by atoms with Gasteiger partial charge in [-0.3, -0.25) is 0 Å². The highest BCUT2D eigenvalue weighted by molar-refractivity contribution is 5.64. The number of unbranched alkanes of at least 4 members (excludes halogenated alkanes) is 8. The summed E-state index contributed by atoms with van der Waals surface area (Å²) in [4.78, 5) is 0. The number of aryl methyl sites for hydroxylation is 1. The number of rotatable bonds is 12. The van der Waals surface area contributed by atoms with Crippen LogP contribution in [0.25, 0.3) is 11.1 Å². The van der Waals surface area contributed by atoms with Gasteiger partial charge in [0.25, 0.3) is 0 Å². The molecule has 25 heavy (non-hydrogen) atoms. The van der Waals surface area contributed by atoms with Gasteiger partial charge in [-0.05, 0) is 36.6 Å². The molecule has 0 fully saturated rings. The van der Waals surface area contributed by atoms with Crippen molar-refractivity contribution in [3.63, 3.8) is 0 Å². The van der Waals surface area contributed by atoms with Crippen LogP contribution in [-0.2, 0) is 0 Å². The molecule has 1 heteroatoms. The molecular weight excluding hydrogens is 304 g/mol. The maximum Gasteiger partial charge on any atom is 0.119 e. The van der Waals surface area contributed by atoms with Crippen molar-refractivity contribution in [1.29, 1.82) is 0 Å². The van der Waals surface area contributed by atoms with E-state index >= 15 is 0 Å². The van der Waals surface area contributed by atoms with Crippen LogP contribution in [0.3, 0.4) is 0 Å². The molecule has 0 saturated heterocycles. The maximum absolute atomic E-state index is 5.88. The molecule has 0 unspecified atom stereocenters. The van der Waals surface area contributed by atoms with E-state index in [4.69, 9.17) is 4.74 Å². The topological polar surface area (TPSA) is 9.23 Å². The van der Waals surface area contributed by atoms with Crippen molar-refractivity contribution in [2.24, 2.45) is 0 Å². The highest BCUT2D eigenvalue weighted by Gasteiger charge is 1.99. The summed E-state index contributed by atoms with van der Waals surface area (Å²) in [6.07, 6.45) is 12.2. The minimum atomic E-state index is 0.833. The van der Waals surface area contributed by atoms with Gasteiger partial charge in [0.2, 0.25) is 0 Å². The smallest absolute Gasteiger partial charge is 0.119 e. The van der Waals surface area contributed by atoms with Crippen molar-refractivity contribution in [2.45, 2.75) is 71.6 Å². The Bertz CT molecular complexity index is 568. The van der Waals surface area contributed by atoms with Crippen molar-refractivity contribution in [3.05, 3.63) is 54.1 Å². The Labute approximate surface area is 154 Å². The summed E-state index contributed by atoms with van der Waals surface area (Å²) in [6.45, 7) is 5.23. The van der Waals surface area contributed by atoms with Gasteiger partial charge in [-0.1, -0.05) is 100 Å². The van der Waals surface area contributed by atoms with E-state index in [-0.39, 0.29) is 0 Å². The molecule has 0 N–H and O–H groups in total. The lowest BCUT2D eigenvalue weighted by atomic mass is 10.0. The molecule has 0 aromatic heterocycles. The van der Waals surface area contributed by atoms with Crippen molar-refractivity contribution in [1.82, 2.24) is 0 Å². The first-order valence-electron chi connectivity index (χ1n) is 10.1. The summed E-state index contributed by atoms with van der Waals surface area (Å²) < 4.78 is 5.88. The first-order valence-corrected chi connectivity index (χ1v) is 10.1. The van der Waals surface area contributed by atoms with Crippen molar-refractivity contribution in [3.8, 4) is 16.9 Å². The zero-order valence-electron chi connectivity index (χ0n) is 16.1. The summed E-state index contributed by atoms with van der Waals surface area (Å²) in [5.74, 6) is 0.982. The molecule has 0 aliphatic rings. The zero-order chi connectivity index (χ0) is 17.7. The minimum absolute atomic E-state index is 0.833. The molecule has 0 heterocycles. The first kappa shape index (κ1) is 19.6. The van der Waals surface area contributed by atoms with Gasteiger partial charge in [-0.25, -0.2) is 0 Å². The third kappa shape index (κ3) is 7.77. The van der Waals surface area contributed by atoms with Crippen LogP contribution in [0.1, 0.15) is 70.3 Å². The third-order valence-electron chi connectivity index (χ3n) is 4.76. The van der Waals surface area contributed by atoms with E-state index in [9.17, 15) is 0 Å². The van der Waals surface area contributed by atoms with Crippen molar-refractivity contribution < 1.29 is 4.74 Å². The Morgan fingerprint density at radius 2 is 1.08 bits per heavy atom. The summed E-state index contributed by atoms with van der Waals surface area (Å²) in [5, 5.41) is 0. The zero-order valence-corrected chi connectivity index (χ0v) is 16.1. The van der Waals surface area contributed by atoms with E-state index in [1.165, 1.54) is 68.1 Å². The molecular formula is C24H34O. The fraction of sp³-hybridized carbons (Fsp3) is 0.500. The third-order valence-corrected chi connectivity index (χ3v) is 4.76. The molecule has 2 aromatic carbocycles. The van der Waals surface area contributed by atoms with Crippen LogP contribution in [0.15, 0.2) is 48.5 Å². The first-order chi connectivity index (χ1) is 12.3. The monoisotopic (exact) mass is 338 g/mol. The van der Waals surface area contributed by atoms with Crippen LogP contribution >= 0.6 is 0 Å². The largest absolute Gasteiger partial charge is 0.494 e. The van der Waals surface area contributed by atoms with Crippen LogP contribution < -0.4 is 4.74 Å². The number of hydrogen-bond acceptors (Lipinski definition) is 1. The van der Waals surface area contributed by atoms with Gasteiger partial charge >= 0.3 is 0 Å². The van der Waals surface area contributed by atoms with Gasteiger partial charge in [-0.2, -0.15) is 0 Å². The summed E-state index contributed by atoms with van der Waals surface area (Å²) >= 11 is 0. The molecule has 0 bridgehead atoms. The molecule has 0 radical (unpaired) electrons. The van der Waals surface area contributed by atoms with Crippen LogP contribution in [-0.4, -0.2) is 6.61 Å². The van der Waals surface area contributed by atoms with Gasteiger partial charge in [0.15, 0.2) is 0 Å². The number of ether oxygens (including phenoxy) is 1. The minimum Gasteiger partial charge on any atom is -0.494 e. The summed E-state index contributed by atoms with van der Waals surface area (Å²) in [6, 6.07) is 17.1. The van der Waals surface area contributed by atoms with Crippen LogP contribution in [0.4, 0.5) is 0 Å². The average Bonchev–Trinajstić information content (AvgIpc) is 2.64. The fourth-order valence-corrected chi connectivity index (χ4v) is 3.09. The fourth-order valence-electron chi connectivity index (χ4n) is 3.09. The highest BCUT2D eigenvalue weighted by Crippen LogP contribution is 2.23. The predicted octanol–water partition coefficient (Wildman–Crippen LogP) is 7.57. The summed E-state index contributed by atoms with van der Waals surface area (Å²) in [7, 11) is 0. The second kappa shape index (κ2) is 11.7. The molecule has 0 spiro atoms. The average molecular weight is 339 g/mol. The molecule has 0 amide bonds. The number of hydrogen-bond donors (Lipinski definition) is 0. The van der Waals surface area contributed by atoms with Gasteiger partial charge in [0.05, 0.1) is 6.61 Å². The lowest BCUT2D eigenvalue weighted by molar-refractivity contribution is 0.304. The Balaban J connectivity index is 1.58. The molecule has 136 valence electrons. The normalized spacial score (nSPS) is 10.8. The quantitative estimate of drug-likeness (QED) is 0.362. The van der Waals surface area contributed by atoms with Crippen LogP contribution in [0, 0.1) is 6.92 Å². The Kier molecular flexibility index (Phi) is 9.18. The Morgan fingerprint density at radius 3 is 1.64 bits per heavy atom. The van der Waals surface area contributed by atoms with Gasteiger partial charge in [-0.15, -0.1) is 0 Å². The predicted molar refractivity (Wildman–Crippen MR) is 109 cm³/mol. The van der Waals surface area contributed by atoms with Crippen LogP contribution in [0.2, 0.25) is 0 Å². The maximum atomic E-state index is 5.88. The lowest BCUT2D eigenvalue weighted by Crippen LogP contribution is -1.97. The van der Waals surface area contributed by atoms with Gasteiger partial charge < -0.3 is 4.74 Å². The Hall–Kier alpha value is -1.76. The SMILES string of the molecule is CCCCCCCCCCCOc1ccc(-c2ccc(C)cc2)cc1. The molecule has 1 nitrogen and oxygen atoms in total. The van der Waals surface area contributed by atoms with E-state index in [1.807, 2.05) is 0 Å². The van der Waals surface area contributed by atoms with E-state index in [1.54, 1.807) is 0 Å². The van der Waals surface area contributed by atoms with E-state index in [2.05, 4.69) is 62.4 Å². The second-order valence-corrected chi connectivity index (χ2v) is 7.07. The summed E-state index contributed by atoms with van der Waals surface area (Å²) in [5.41, 5.74) is 3.80. The van der Waals surface area contributed by atoms with Crippen molar-refractivity contribution >= 4 is 0 Å². The van der Waals surface area contributed by atoms with E-state index < -0.39 is 0 Å². The lowest BCUT2D eigenvalue weighted by Gasteiger charge is -2.08. The second-order valence-electron chi connectivity index (χ2n) is 7.07. The van der Waals surface area contributed by atoms with Gasteiger partial charge in [0, 0.05) is 0 Å².